The maximum absolute atomic E-state index is 13.0. The van der Waals surface area contributed by atoms with Crippen LogP contribution in [0.1, 0.15) is 53.0 Å². The van der Waals surface area contributed by atoms with Crippen molar-refractivity contribution in [3.05, 3.63) is 59.2 Å². The number of nitrogens with zero attached hydrogens (tertiary/aromatic N) is 1. The lowest BCUT2D eigenvalue weighted by atomic mass is 10.1. The Morgan fingerprint density at radius 1 is 1.00 bits per heavy atom. The van der Waals surface area contributed by atoms with Gasteiger partial charge in [0.05, 0.1) is 16.1 Å². The van der Waals surface area contributed by atoms with Crippen LogP contribution in [0.2, 0.25) is 0 Å². The van der Waals surface area contributed by atoms with Crippen molar-refractivity contribution in [3.8, 4) is 0 Å². The Kier molecular flexibility index (Phi) is 6.58. The standard InChI is InChI=1S/C22H27N3O4S/c1-15(2)23-22(27)18-8-4-5-9-19(18)24-21(26)17-11-10-16(3)20(14-17)30(28,29)25-12-6-7-13-25/h4-5,8-11,14-15H,6-7,12-13H2,1-3H3,(H,23,27)(H,24,26). The van der Waals surface area contributed by atoms with Crippen molar-refractivity contribution in [3.63, 3.8) is 0 Å². The van der Waals surface area contributed by atoms with Crippen molar-refractivity contribution in [2.24, 2.45) is 0 Å². The lowest BCUT2D eigenvalue weighted by Crippen LogP contribution is -2.31. The molecule has 0 bridgehead atoms. The largest absolute Gasteiger partial charge is 0.350 e. The highest BCUT2D eigenvalue weighted by atomic mass is 32.2. The minimum absolute atomic E-state index is 0.0447. The summed E-state index contributed by atoms with van der Waals surface area (Å²) in [6.45, 7) is 6.42. The van der Waals surface area contributed by atoms with E-state index in [1.54, 1.807) is 43.3 Å². The number of anilines is 1. The molecule has 2 aromatic rings. The third-order valence-electron chi connectivity index (χ3n) is 4.97. The molecule has 2 N–H and O–H groups in total. The van der Waals surface area contributed by atoms with Gasteiger partial charge in [-0.05, 0) is 63.4 Å². The number of para-hydroxylation sites is 1. The first-order valence-corrected chi connectivity index (χ1v) is 11.5. The third kappa shape index (κ3) is 4.71. The summed E-state index contributed by atoms with van der Waals surface area (Å²) in [7, 11) is -3.64. The van der Waals surface area contributed by atoms with Crippen LogP contribution in [0.4, 0.5) is 5.69 Å². The van der Waals surface area contributed by atoms with E-state index in [4.69, 9.17) is 0 Å². The van der Waals surface area contributed by atoms with Crippen LogP contribution in [0.5, 0.6) is 0 Å². The normalized spacial score (nSPS) is 14.7. The molecule has 1 aliphatic rings. The lowest BCUT2D eigenvalue weighted by Gasteiger charge is -2.18. The summed E-state index contributed by atoms with van der Waals surface area (Å²) in [6, 6.07) is 11.3. The minimum atomic E-state index is -3.64. The monoisotopic (exact) mass is 429 g/mol. The van der Waals surface area contributed by atoms with Crippen LogP contribution in [0, 0.1) is 6.92 Å². The smallest absolute Gasteiger partial charge is 0.255 e. The quantitative estimate of drug-likeness (QED) is 0.737. The molecule has 1 fully saturated rings. The summed E-state index contributed by atoms with van der Waals surface area (Å²) in [5.74, 6) is -0.764. The van der Waals surface area contributed by atoms with E-state index >= 15 is 0 Å². The predicted octanol–water partition coefficient (Wildman–Crippen LogP) is 3.17. The molecule has 0 aromatic heterocycles. The Balaban J connectivity index is 1.88. The van der Waals surface area contributed by atoms with Gasteiger partial charge in [-0.15, -0.1) is 0 Å². The number of sulfonamides is 1. The Hall–Kier alpha value is -2.71. The summed E-state index contributed by atoms with van der Waals surface area (Å²) in [4.78, 5) is 25.4. The van der Waals surface area contributed by atoms with Gasteiger partial charge < -0.3 is 10.6 Å². The fourth-order valence-corrected chi connectivity index (χ4v) is 5.18. The fraction of sp³-hybridized carbons (Fsp3) is 0.364. The number of hydrogen-bond donors (Lipinski definition) is 2. The van der Waals surface area contributed by atoms with Crippen molar-refractivity contribution < 1.29 is 18.0 Å². The van der Waals surface area contributed by atoms with Gasteiger partial charge in [-0.25, -0.2) is 8.42 Å². The first-order valence-electron chi connectivity index (χ1n) is 10.0. The molecule has 1 saturated heterocycles. The number of nitrogens with one attached hydrogen (secondary N) is 2. The molecule has 1 heterocycles. The van der Waals surface area contributed by atoms with E-state index < -0.39 is 15.9 Å². The maximum Gasteiger partial charge on any atom is 0.255 e. The van der Waals surface area contributed by atoms with E-state index in [2.05, 4.69) is 10.6 Å². The van der Waals surface area contributed by atoms with E-state index in [1.807, 2.05) is 13.8 Å². The topological polar surface area (TPSA) is 95.6 Å². The number of benzene rings is 2. The van der Waals surface area contributed by atoms with Crippen molar-refractivity contribution in [1.29, 1.82) is 0 Å². The van der Waals surface area contributed by atoms with Crippen LogP contribution in [-0.4, -0.2) is 43.7 Å². The SMILES string of the molecule is Cc1ccc(C(=O)Nc2ccccc2C(=O)NC(C)C)cc1S(=O)(=O)N1CCCC1. The molecule has 3 rings (SSSR count). The van der Waals surface area contributed by atoms with Crippen molar-refractivity contribution in [2.45, 2.75) is 44.6 Å². The van der Waals surface area contributed by atoms with Crippen LogP contribution in [0.3, 0.4) is 0 Å². The average molecular weight is 430 g/mol. The summed E-state index contributed by atoms with van der Waals surface area (Å²) in [5.41, 5.74) is 1.52. The van der Waals surface area contributed by atoms with Crippen LogP contribution in [-0.2, 0) is 10.0 Å². The first kappa shape index (κ1) is 22.0. The molecular formula is C22H27N3O4S. The van der Waals surface area contributed by atoms with E-state index in [0.29, 0.717) is 29.9 Å². The Bertz CT molecular complexity index is 1060. The van der Waals surface area contributed by atoms with Crippen molar-refractivity contribution in [1.82, 2.24) is 9.62 Å². The third-order valence-corrected chi connectivity index (χ3v) is 7.01. The molecule has 2 aromatic carbocycles. The van der Waals surface area contributed by atoms with Crippen LogP contribution >= 0.6 is 0 Å². The minimum Gasteiger partial charge on any atom is -0.350 e. The average Bonchev–Trinajstić information content (AvgIpc) is 3.23. The molecule has 160 valence electrons. The van der Waals surface area contributed by atoms with Gasteiger partial charge in [0, 0.05) is 24.7 Å². The van der Waals surface area contributed by atoms with Crippen LogP contribution in [0.15, 0.2) is 47.4 Å². The van der Waals surface area contributed by atoms with E-state index in [9.17, 15) is 18.0 Å². The van der Waals surface area contributed by atoms with Gasteiger partial charge in [-0.3, -0.25) is 9.59 Å². The molecule has 30 heavy (non-hydrogen) atoms. The second kappa shape index (κ2) is 8.97. The molecule has 0 aliphatic carbocycles. The van der Waals surface area contributed by atoms with Crippen LogP contribution in [0.25, 0.3) is 0 Å². The Labute approximate surface area is 177 Å². The number of rotatable bonds is 6. The van der Waals surface area contributed by atoms with E-state index in [0.717, 1.165) is 12.8 Å². The first-order chi connectivity index (χ1) is 14.2. The van der Waals surface area contributed by atoms with Crippen LogP contribution < -0.4 is 10.6 Å². The second-order valence-corrected chi connectivity index (χ2v) is 9.63. The van der Waals surface area contributed by atoms with Gasteiger partial charge in [0.1, 0.15) is 0 Å². The van der Waals surface area contributed by atoms with Gasteiger partial charge in [-0.2, -0.15) is 4.31 Å². The summed E-state index contributed by atoms with van der Waals surface area (Å²) >= 11 is 0. The molecule has 0 spiro atoms. The van der Waals surface area contributed by atoms with Gasteiger partial charge >= 0.3 is 0 Å². The van der Waals surface area contributed by atoms with E-state index in [1.165, 1.54) is 10.4 Å². The molecule has 0 atom stereocenters. The number of carbonyl (C=O) groups excluding carboxylic acids is 2. The van der Waals surface area contributed by atoms with Gasteiger partial charge in [0.25, 0.3) is 11.8 Å². The Morgan fingerprint density at radius 3 is 2.33 bits per heavy atom. The van der Waals surface area contributed by atoms with Crippen molar-refractivity contribution >= 4 is 27.5 Å². The Morgan fingerprint density at radius 2 is 1.67 bits per heavy atom. The zero-order valence-electron chi connectivity index (χ0n) is 17.4. The van der Waals surface area contributed by atoms with Crippen molar-refractivity contribution in [2.75, 3.05) is 18.4 Å². The number of amides is 2. The number of carbonyl (C=O) groups is 2. The number of hydrogen-bond acceptors (Lipinski definition) is 4. The highest BCUT2D eigenvalue weighted by molar-refractivity contribution is 7.89. The van der Waals surface area contributed by atoms with Gasteiger partial charge in [-0.1, -0.05) is 18.2 Å². The highest BCUT2D eigenvalue weighted by Crippen LogP contribution is 2.25. The van der Waals surface area contributed by atoms with Gasteiger partial charge in [0.2, 0.25) is 10.0 Å². The molecule has 1 aliphatic heterocycles. The zero-order chi connectivity index (χ0) is 21.9. The zero-order valence-corrected chi connectivity index (χ0v) is 18.3. The fourth-order valence-electron chi connectivity index (χ4n) is 3.41. The van der Waals surface area contributed by atoms with Gasteiger partial charge in [0.15, 0.2) is 0 Å². The highest BCUT2D eigenvalue weighted by Gasteiger charge is 2.29. The molecule has 0 unspecified atom stereocenters. The lowest BCUT2D eigenvalue weighted by molar-refractivity contribution is 0.0944. The second-order valence-electron chi connectivity index (χ2n) is 7.72. The molecule has 2 amide bonds. The molecule has 8 heteroatoms. The molecule has 0 saturated carbocycles. The van der Waals surface area contributed by atoms with E-state index in [-0.39, 0.29) is 22.4 Å². The molecule has 0 radical (unpaired) electrons. The summed E-state index contributed by atoms with van der Waals surface area (Å²) in [6.07, 6.45) is 1.68. The predicted molar refractivity (Wildman–Crippen MR) is 116 cm³/mol. The summed E-state index contributed by atoms with van der Waals surface area (Å²) in [5, 5.41) is 5.55. The molecular weight excluding hydrogens is 402 g/mol. The summed E-state index contributed by atoms with van der Waals surface area (Å²) < 4.78 is 27.4. The maximum atomic E-state index is 13.0. The molecule has 7 nitrogen and oxygen atoms in total. The number of aryl methyl sites for hydroxylation is 1.